The van der Waals surface area contributed by atoms with Crippen molar-refractivity contribution in [1.82, 2.24) is 10.6 Å². The number of hydrogen-bond donors (Lipinski definition) is 2. The second kappa shape index (κ2) is 10.9. The summed E-state index contributed by atoms with van der Waals surface area (Å²) < 4.78 is 18.2. The van der Waals surface area contributed by atoms with Gasteiger partial charge in [0.1, 0.15) is 11.6 Å². The van der Waals surface area contributed by atoms with Crippen LogP contribution in [0.25, 0.3) is 0 Å². The molecule has 0 atom stereocenters. The summed E-state index contributed by atoms with van der Waals surface area (Å²) in [6.45, 7) is 3.40. The number of methoxy groups -OCH3 is 1. The number of ether oxygens (including phenoxy) is 1. The molecular weight excluding hydrogens is 432 g/mol. The van der Waals surface area contributed by atoms with Crippen LogP contribution in [-0.2, 0) is 13.0 Å². The van der Waals surface area contributed by atoms with Gasteiger partial charge >= 0.3 is 0 Å². The molecule has 2 aromatic rings. The number of aryl methyl sites for hydroxylation is 1. The lowest BCUT2D eigenvalue weighted by Gasteiger charge is -2.13. The molecule has 0 amide bonds. The summed E-state index contributed by atoms with van der Waals surface area (Å²) >= 11 is 0. The largest absolute Gasteiger partial charge is 0.496 e. The first-order chi connectivity index (χ1) is 11.6. The highest BCUT2D eigenvalue weighted by Gasteiger charge is 2.02. The molecule has 2 rings (SSSR count). The fourth-order valence-corrected chi connectivity index (χ4v) is 2.36. The second-order valence-electron chi connectivity index (χ2n) is 5.53. The van der Waals surface area contributed by atoms with E-state index in [0.29, 0.717) is 6.54 Å². The Labute approximate surface area is 165 Å². The predicted octanol–water partition coefficient (Wildman–Crippen LogP) is 3.67. The van der Waals surface area contributed by atoms with E-state index in [4.69, 9.17) is 4.74 Å². The molecule has 2 N–H and O–H groups in total. The minimum atomic E-state index is -0.210. The Morgan fingerprint density at radius 2 is 1.76 bits per heavy atom. The third-order valence-corrected chi connectivity index (χ3v) is 3.78. The number of benzene rings is 2. The maximum Gasteiger partial charge on any atom is 0.191 e. The first-order valence-corrected chi connectivity index (χ1v) is 7.95. The summed E-state index contributed by atoms with van der Waals surface area (Å²) in [5.74, 6) is 1.41. The Balaban J connectivity index is 0.00000312. The molecule has 6 heteroatoms. The molecule has 136 valence electrons. The zero-order valence-corrected chi connectivity index (χ0v) is 17.1. The summed E-state index contributed by atoms with van der Waals surface area (Å²) in [5.41, 5.74) is 3.32. The predicted molar refractivity (Wildman–Crippen MR) is 111 cm³/mol. The van der Waals surface area contributed by atoms with E-state index in [1.165, 1.54) is 12.1 Å². The van der Waals surface area contributed by atoms with E-state index in [1.54, 1.807) is 26.3 Å². The molecule has 0 aliphatic carbocycles. The molecule has 25 heavy (non-hydrogen) atoms. The van der Waals surface area contributed by atoms with E-state index in [-0.39, 0.29) is 29.8 Å². The number of guanidine groups is 1. The van der Waals surface area contributed by atoms with Gasteiger partial charge in [0.05, 0.1) is 7.11 Å². The third kappa shape index (κ3) is 6.89. The maximum absolute atomic E-state index is 12.9. The molecule has 0 radical (unpaired) electrons. The molecule has 0 heterocycles. The number of nitrogens with one attached hydrogen (secondary N) is 2. The van der Waals surface area contributed by atoms with Crippen molar-refractivity contribution in [3.63, 3.8) is 0 Å². The highest BCUT2D eigenvalue weighted by molar-refractivity contribution is 14.0. The topological polar surface area (TPSA) is 45.7 Å². The summed E-state index contributed by atoms with van der Waals surface area (Å²) in [5, 5.41) is 6.53. The van der Waals surface area contributed by atoms with Crippen LogP contribution in [0.4, 0.5) is 4.39 Å². The molecule has 0 aliphatic heterocycles. The minimum absolute atomic E-state index is 0. The highest BCUT2D eigenvalue weighted by Crippen LogP contribution is 2.18. The fraction of sp³-hybridized carbons (Fsp3) is 0.316. The molecule has 2 aromatic carbocycles. The van der Waals surface area contributed by atoms with Gasteiger partial charge in [0.2, 0.25) is 0 Å². The lowest BCUT2D eigenvalue weighted by Crippen LogP contribution is -2.37. The van der Waals surface area contributed by atoms with Gasteiger partial charge in [0.15, 0.2) is 5.96 Å². The Morgan fingerprint density at radius 1 is 1.08 bits per heavy atom. The van der Waals surface area contributed by atoms with E-state index < -0.39 is 0 Å². The monoisotopic (exact) mass is 457 g/mol. The summed E-state index contributed by atoms with van der Waals surface area (Å²) in [6, 6.07) is 12.7. The number of halogens is 2. The zero-order valence-electron chi connectivity index (χ0n) is 14.8. The van der Waals surface area contributed by atoms with Crippen LogP contribution in [0.15, 0.2) is 47.5 Å². The zero-order chi connectivity index (χ0) is 17.4. The lowest BCUT2D eigenvalue weighted by molar-refractivity contribution is 0.411. The molecule has 4 nitrogen and oxygen atoms in total. The van der Waals surface area contributed by atoms with E-state index in [1.807, 2.05) is 19.1 Å². The summed E-state index contributed by atoms with van der Waals surface area (Å²) in [7, 11) is 3.42. The molecule has 0 spiro atoms. The second-order valence-corrected chi connectivity index (χ2v) is 5.53. The SMILES string of the molecule is CN=C(NCCc1ccc(F)cc1)NCc1ccc(C)c(OC)c1.I. The molecule has 0 unspecified atom stereocenters. The van der Waals surface area contributed by atoms with E-state index in [2.05, 4.69) is 21.7 Å². The molecule has 0 bridgehead atoms. The van der Waals surface area contributed by atoms with E-state index in [9.17, 15) is 4.39 Å². The van der Waals surface area contributed by atoms with Gasteiger partial charge < -0.3 is 15.4 Å². The fourth-order valence-electron chi connectivity index (χ4n) is 2.36. The Kier molecular flexibility index (Phi) is 9.26. The minimum Gasteiger partial charge on any atom is -0.496 e. The molecule has 0 aliphatic rings. The lowest BCUT2D eigenvalue weighted by atomic mass is 10.1. The van der Waals surface area contributed by atoms with Crippen molar-refractivity contribution in [1.29, 1.82) is 0 Å². The van der Waals surface area contributed by atoms with Crippen LogP contribution in [0.3, 0.4) is 0 Å². The Hall–Kier alpha value is -1.83. The molecule has 0 saturated carbocycles. The quantitative estimate of drug-likeness (QED) is 0.396. The van der Waals surface area contributed by atoms with Crippen LogP contribution >= 0.6 is 24.0 Å². The summed E-state index contributed by atoms with van der Waals surface area (Å²) in [6.07, 6.45) is 0.805. The number of aliphatic imine (C=N–C) groups is 1. The van der Waals surface area contributed by atoms with Crippen molar-refractivity contribution >= 4 is 29.9 Å². The van der Waals surface area contributed by atoms with Crippen molar-refractivity contribution in [2.24, 2.45) is 4.99 Å². The smallest absolute Gasteiger partial charge is 0.191 e. The van der Waals surface area contributed by atoms with Gasteiger partial charge in [-0.1, -0.05) is 24.3 Å². The van der Waals surface area contributed by atoms with Crippen LogP contribution in [0.5, 0.6) is 5.75 Å². The first kappa shape index (κ1) is 21.2. The highest BCUT2D eigenvalue weighted by atomic mass is 127. The number of rotatable bonds is 6. The number of nitrogens with zero attached hydrogens (tertiary/aromatic N) is 1. The van der Waals surface area contributed by atoms with Gasteiger partial charge in [0.25, 0.3) is 0 Å². The molecule has 0 saturated heterocycles. The van der Waals surface area contributed by atoms with E-state index in [0.717, 1.165) is 41.4 Å². The average molecular weight is 457 g/mol. The molecule has 0 fully saturated rings. The van der Waals surface area contributed by atoms with Crippen LogP contribution in [0.1, 0.15) is 16.7 Å². The molecular formula is C19H25FIN3O. The van der Waals surface area contributed by atoms with Crippen LogP contribution in [0.2, 0.25) is 0 Å². The van der Waals surface area contributed by atoms with Gasteiger partial charge in [-0.2, -0.15) is 0 Å². The Bertz CT molecular complexity index is 690. The van der Waals surface area contributed by atoms with Gasteiger partial charge in [-0.05, 0) is 48.2 Å². The van der Waals surface area contributed by atoms with Crippen molar-refractivity contribution in [2.75, 3.05) is 20.7 Å². The third-order valence-electron chi connectivity index (χ3n) is 3.78. The number of hydrogen-bond acceptors (Lipinski definition) is 2. The Morgan fingerprint density at radius 3 is 2.40 bits per heavy atom. The van der Waals surface area contributed by atoms with Gasteiger partial charge in [0, 0.05) is 20.1 Å². The van der Waals surface area contributed by atoms with Crippen molar-refractivity contribution in [3.05, 3.63) is 65.0 Å². The van der Waals surface area contributed by atoms with Gasteiger partial charge in [-0.3, -0.25) is 4.99 Å². The van der Waals surface area contributed by atoms with Gasteiger partial charge in [-0.15, -0.1) is 24.0 Å². The summed E-state index contributed by atoms with van der Waals surface area (Å²) in [4.78, 5) is 4.21. The van der Waals surface area contributed by atoms with Crippen LogP contribution in [0, 0.1) is 12.7 Å². The van der Waals surface area contributed by atoms with Crippen LogP contribution in [-0.4, -0.2) is 26.7 Å². The van der Waals surface area contributed by atoms with Crippen molar-refractivity contribution in [2.45, 2.75) is 19.9 Å². The molecule has 0 aromatic heterocycles. The van der Waals surface area contributed by atoms with Crippen molar-refractivity contribution < 1.29 is 9.13 Å². The average Bonchev–Trinajstić information content (AvgIpc) is 2.60. The van der Waals surface area contributed by atoms with Crippen molar-refractivity contribution in [3.8, 4) is 5.75 Å². The van der Waals surface area contributed by atoms with Crippen LogP contribution < -0.4 is 15.4 Å². The van der Waals surface area contributed by atoms with E-state index >= 15 is 0 Å². The maximum atomic E-state index is 12.9. The normalized spacial score (nSPS) is 10.8. The van der Waals surface area contributed by atoms with Gasteiger partial charge in [-0.25, -0.2) is 4.39 Å². The first-order valence-electron chi connectivity index (χ1n) is 7.95. The standard InChI is InChI=1S/C19H24FN3O.HI/c1-14-4-5-16(12-18(14)24-3)13-23-19(21-2)22-11-10-15-6-8-17(20)9-7-15;/h4-9,12H,10-11,13H2,1-3H3,(H2,21,22,23);1H.